The number of hydrogen-bond acceptors (Lipinski definition) is 9. The summed E-state index contributed by atoms with van der Waals surface area (Å²) in [5, 5.41) is 9.23. The second-order valence-corrected chi connectivity index (χ2v) is 12.8. The van der Waals surface area contributed by atoms with E-state index in [1.165, 1.54) is 17.7 Å². The highest BCUT2D eigenvalue weighted by Gasteiger charge is 2.34. The number of piperazine rings is 1. The average molecular weight is 645 g/mol. The van der Waals surface area contributed by atoms with E-state index in [4.69, 9.17) is 15.6 Å². The van der Waals surface area contributed by atoms with Gasteiger partial charge in [-0.15, -0.1) is 0 Å². The van der Waals surface area contributed by atoms with Crippen molar-refractivity contribution in [2.24, 2.45) is 5.73 Å². The van der Waals surface area contributed by atoms with E-state index in [1.807, 2.05) is 46.7 Å². The molecule has 1 aliphatic carbocycles. The van der Waals surface area contributed by atoms with Crippen LogP contribution in [0.25, 0.3) is 16.6 Å². The first-order valence-corrected chi connectivity index (χ1v) is 16.3. The van der Waals surface area contributed by atoms with Crippen molar-refractivity contribution in [2.75, 3.05) is 36.0 Å². The maximum Gasteiger partial charge on any atom is 0.225 e. The molecule has 2 N–H and O–H groups in total. The molecule has 5 heterocycles. The average Bonchev–Trinajstić information content (AvgIpc) is 3.76. The number of fused-ring (bicyclic) bond motifs is 1. The molecule has 12 heteroatoms. The van der Waals surface area contributed by atoms with Crippen LogP contribution in [-0.4, -0.2) is 66.6 Å². The minimum Gasteiger partial charge on any atom is -0.371 e. The van der Waals surface area contributed by atoms with Gasteiger partial charge in [0.15, 0.2) is 5.82 Å². The molecule has 4 aromatic heterocycles. The molecule has 2 aromatic carbocycles. The van der Waals surface area contributed by atoms with Gasteiger partial charge in [-0.1, -0.05) is 42.5 Å². The van der Waals surface area contributed by atoms with Gasteiger partial charge in [-0.25, -0.2) is 23.9 Å². The second kappa shape index (κ2) is 12.4. The van der Waals surface area contributed by atoms with Gasteiger partial charge in [0.2, 0.25) is 5.95 Å². The SMILES string of the molecule is CC(N)(c1ccc(F)cc1)c1cnc(N2CCN(c3ncnn4cc(-c5cnn([C@@H]6CC[C@H]6OCc6ccccc6)c5)cc34)CC2)nc1. The summed E-state index contributed by atoms with van der Waals surface area (Å²) in [5.41, 5.74) is 11.6. The van der Waals surface area contributed by atoms with Gasteiger partial charge in [0, 0.05) is 67.7 Å². The van der Waals surface area contributed by atoms with E-state index >= 15 is 0 Å². The maximum absolute atomic E-state index is 13.4. The third kappa shape index (κ3) is 5.77. The number of hydrogen-bond donors (Lipinski definition) is 1. The summed E-state index contributed by atoms with van der Waals surface area (Å²) in [4.78, 5) is 18.4. The summed E-state index contributed by atoms with van der Waals surface area (Å²) in [6, 6.07) is 18.9. The molecule has 2 fully saturated rings. The minimum absolute atomic E-state index is 0.160. The van der Waals surface area contributed by atoms with Crippen molar-refractivity contribution in [3.8, 4) is 11.1 Å². The van der Waals surface area contributed by atoms with Gasteiger partial charge in [0.1, 0.15) is 17.7 Å². The summed E-state index contributed by atoms with van der Waals surface area (Å²) in [6.07, 6.45) is 13.5. The molecule has 6 aromatic rings. The Morgan fingerprint density at radius 2 is 1.58 bits per heavy atom. The molecule has 1 unspecified atom stereocenters. The number of ether oxygens (including phenoxy) is 1. The molecule has 0 bridgehead atoms. The molecule has 8 rings (SSSR count). The largest absolute Gasteiger partial charge is 0.371 e. The van der Waals surface area contributed by atoms with Crippen molar-refractivity contribution in [1.29, 1.82) is 0 Å². The topological polar surface area (TPSA) is 116 Å². The van der Waals surface area contributed by atoms with Crippen molar-refractivity contribution in [2.45, 2.75) is 44.1 Å². The predicted molar refractivity (Wildman–Crippen MR) is 181 cm³/mol. The zero-order chi connectivity index (χ0) is 32.7. The third-order valence-corrected chi connectivity index (χ3v) is 9.69. The zero-order valence-electron chi connectivity index (χ0n) is 26.7. The summed E-state index contributed by atoms with van der Waals surface area (Å²) in [6.45, 7) is 5.48. The van der Waals surface area contributed by atoms with Crippen LogP contribution in [0, 0.1) is 5.82 Å². The normalized spacial score (nSPS) is 19.3. The Morgan fingerprint density at radius 1 is 0.833 bits per heavy atom. The summed E-state index contributed by atoms with van der Waals surface area (Å²) in [7, 11) is 0. The van der Waals surface area contributed by atoms with E-state index in [1.54, 1.807) is 30.9 Å². The van der Waals surface area contributed by atoms with Gasteiger partial charge in [-0.05, 0) is 49.1 Å². The molecule has 3 atom stereocenters. The van der Waals surface area contributed by atoms with Crippen molar-refractivity contribution in [3.05, 3.63) is 120 Å². The quantitative estimate of drug-likeness (QED) is 0.232. The summed E-state index contributed by atoms with van der Waals surface area (Å²) in [5.74, 6) is 1.25. The maximum atomic E-state index is 13.4. The van der Waals surface area contributed by atoms with Crippen molar-refractivity contribution >= 4 is 17.3 Å². The van der Waals surface area contributed by atoms with E-state index in [0.29, 0.717) is 12.6 Å². The molecule has 244 valence electrons. The molecule has 0 spiro atoms. The lowest BCUT2D eigenvalue weighted by Gasteiger charge is -2.36. The van der Waals surface area contributed by atoms with Crippen LogP contribution in [0.1, 0.15) is 42.5 Å². The standard InChI is InChI=1S/C36H37FN10O/c1-36(38,28-7-9-30(37)10-8-28)29-19-39-35(40-20-29)45-15-13-44(14-16-45)34-32-17-26(21-47(32)43-24-41-34)27-18-42-46(22-27)31-11-12-33(31)48-23-25-5-3-2-4-6-25/h2-10,17-22,24,31,33H,11-16,23,38H2,1H3/t31-,33-,36?/m1/s1. The van der Waals surface area contributed by atoms with Gasteiger partial charge in [0.05, 0.1) is 30.5 Å². The van der Waals surface area contributed by atoms with Crippen LogP contribution in [-0.2, 0) is 16.9 Å². The summed E-state index contributed by atoms with van der Waals surface area (Å²) < 4.78 is 23.6. The number of aromatic nitrogens is 7. The molecule has 0 amide bonds. The number of nitrogens with zero attached hydrogens (tertiary/aromatic N) is 9. The van der Waals surface area contributed by atoms with Gasteiger partial charge in [0.25, 0.3) is 0 Å². The van der Waals surface area contributed by atoms with E-state index in [-0.39, 0.29) is 18.0 Å². The van der Waals surface area contributed by atoms with Crippen molar-refractivity contribution in [1.82, 2.24) is 34.3 Å². The lowest BCUT2D eigenvalue weighted by atomic mass is 9.87. The Labute approximate surface area is 277 Å². The van der Waals surface area contributed by atoms with Crippen LogP contribution >= 0.6 is 0 Å². The Kier molecular flexibility index (Phi) is 7.81. The van der Waals surface area contributed by atoms with Crippen LogP contribution in [0.4, 0.5) is 16.2 Å². The van der Waals surface area contributed by atoms with Crippen LogP contribution in [0.5, 0.6) is 0 Å². The molecular weight excluding hydrogens is 607 g/mol. The molecule has 11 nitrogen and oxygen atoms in total. The first-order chi connectivity index (χ1) is 23.4. The predicted octanol–water partition coefficient (Wildman–Crippen LogP) is 4.99. The third-order valence-electron chi connectivity index (χ3n) is 9.69. The lowest BCUT2D eigenvalue weighted by molar-refractivity contribution is -0.0529. The monoisotopic (exact) mass is 644 g/mol. The van der Waals surface area contributed by atoms with E-state index < -0.39 is 5.54 Å². The molecule has 1 aliphatic heterocycles. The Balaban J connectivity index is 0.922. The van der Waals surface area contributed by atoms with Crippen molar-refractivity contribution < 1.29 is 9.13 Å². The van der Waals surface area contributed by atoms with E-state index in [0.717, 1.165) is 72.6 Å². The molecule has 0 radical (unpaired) electrons. The Hall–Kier alpha value is -5.20. The van der Waals surface area contributed by atoms with E-state index in [9.17, 15) is 4.39 Å². The van der Waals surface area contributed by atoms with Gasteiger partial charge >= 0.3 is 0 Å². The zero-order valence-corrected chi connectivity index (χ0v) is 26.7. The van der Waals surface area contributed by atoms with Gasteiger partial charge in [-0.3, -0.25) is 4.68 Å². The molecule has 48 heavy (non-hydrogen) atoms. The highest BCUT2D eigenvalue weighted by Crippen LogP contribution is 2.36. The highest BCUT2D eigenvalue weighted by molar-refractivity contribution is 5.77. The molecule has 1 saturated carbocycles. The number of halogens is 1. The van der Waals surface area contributed by atoms with Crippen LogP contribution < -0.4 is 15.5 Å². The fraction of sp³-hybridized carbons (Fsp3) is 0.306. The first kappa shape index (κ1) is 30.2. The Morgan fingerprint density at radius 3 is 2.31 bits per heavy atom. The van der Waals surface area contributed by atoms with Gasteiger partial charge in [-0.2, -0.15) is 10.2 Å². The highest BCUT2D eigenvalue weighted by atomic mass is 19.1. The fourth-order valence-electron chi connectivity index (χ4n) is 6.55. The van der Waals surface area contributed by atoms with Crippen LogP contribution in [0.3, 0.4) is 0 Å². The van der Waals surface area contributed by atoms with E-state index in [2.05, 4.69) is 54.2 Å². The number of anilines is 2. The van der Waals surface area contributed by atoms with Crippen LogP contribution in [0.2, 0.25) is 0 Å². The number of nitrogens with two attached hydrogens (primary N) is 1. The molecule has 1 saturated heterocycles. The fourth-order valence-corrected chi connectivity index (χ4v) is 6.55. The number of rotatable bonds is 9. The number of benzene rings is 2. The second-order valence-electron chi connectivity index (χ2n) is 12.8. The van der Waals surface area contributed by atoms with Crippen LogP contribution in [0.15, 0.2) is 98.0 Å². The lowest BCUT2D eigenvalue weighted by Crippen LogP contribution is -2.47. The smallest absolute Gasteiger partial charge is 0.225 e. The Bertz CT molecular complexity index is 2000. The molecule has 2 aliphatic rings. The van der Waals surface area contributed by atoms with Crippen molar-refractivity contribution in [3.63, 3.8) is 0 Å². The van der Waals surface area contributed by atoms with Gasteiger partial charge < -0.3 is 20.3 Å². The minimum atomic E-state index is -0.839. The first-order valence-electron chi connectivity index (χ1n) is 16.3. The molecular formula is C36H37FN10O. The summed E-state index contributed by atoms with van der Waals surface area (Å²) >= 11 is 0.